The molecule has 100 valence electrons. The van der Waals surface area contributed by atoms with Gasteiger partial charge in [0.15, 0.2) is 0 Å². The molecule has 2 aliphatic rings. The third-order valence-corrected chi connectivity index (χ3v) is 3.88. The van der Waals surface area contributed by atoms with Gasteiger partial charge in [-0.3, -0.25) is 4.79 Å². The summed E-state index contributed by atoms with van der Waals surface area (Å²) in [6, 6.07) is 0. The molecular formula is C13H25ClN2O. The van der Waals surface area contributed by atoms with Crippen LogP contribution in [0.25, 0.3) is 0 Å². The summed E-state index contributed by atoms with van der Waals surface area (Å²) >= 11 is 0. The number of halogens is 1. The molecule has 3 nitrogen and oxygen atoms in total. The molecule has 17 heavy (non-hydrogen) atoms. The zero-order valence-electron chi connectivity index (χ0n) is 10.6. The molecule has 0 aromatic rings. The van der Waals surface area contributed by atoms with Gasteiger partial charge in [0.25, 0.3) is 0 Å². The molecule has 0 atom stereocenters. The number of carbonyl (C=O) groups excluding carboxylic acids is 1. The van der Waals surface area contributed by atoms with Crippen molar-refractivity contribution >= 4 is 18.3 Å². The van der Waals surface area contributed by atoms with Gasteiger partial charge in [-0.25, -0.2) is 0 Å². The highest BCUT2D eigenvalue weighted by Gasteiger charge is 2.21. The maximum atomic E-state index is 12.1. The molecule has 0 bridgehead atoms. The van der Waals surface area contributed by atoms with Crippen molar-refractivity contribution < 1.29 is 4.79 Å². The highest BCUT2D eigenvalue weighted by Crippen LogP contribution is 2.18. The fourth-order valence-electron chi connectivity index (χ4n) is 2.78. The Morgan fingerprint density at radius 1 is 1.06 bits per heavy atom. The van der Waals surface area contributed by atoms with Crippen LogP contribution in [0.2, 0.25) is 0 Å². The zero-order valence-corrected chi connectivity index (χ0v) is 11.4. The number of hydrogen-bond acceptors (Lipinski definition) is 2. The Hall–Kier alpha value is -0.280. The van der Waals surface area contributed by atoms with Gasteiger partial charge in [-0.1, -0.05) is 12.8 Å². The molecule has 0 saturated carbocycles. The summed E-state index contributed by atoms with van der Waals surface area (Å²) in [6.07, 6.45) is 8.17. The molecule has 0 unspecified atom stereocenters. The fourth-order valence-corrected chi connectivity index (χ4v) is 2.78. The molecule has 2 fully saturated rings. The summed E-state index contributed by atoms with van der Waals surface area (Å²) in [6.45, 7) is 4.20. The van der Waals surface area contributed by atoms with Crippen LogP contribution in [0.1, 0.15) is 44.9 Å². The van der Waals surface area contributed by atoms with Gasteiger partial charge in [0.2, 0.25) is 5.91 Å². The van der Waals surface area contributed by atoms with E-state index in [0.717, 1.165) is 32.6 Å². The second kappa shape index (κ2) is 7.93. The van der Waals surface area contributed by atoms with E-state index in [9.17, 15) is 4.79 Å². The van der Waals surface area contributed by atoms with Crippen LogP contribution >= 0.6 is 12.4 Å². The number of likely N-dealkylation sites (tertiary alicyclic amines) is 1. The van der Waals surface area contributed by atoms with Crippen LogP contribution in [0.3, 0.4) is 0 Å². The number of nitrogens with zero attached hydrogens (tertiary/aromatic N) is 1. The van der Waals surface area contributed by atoms with E-state index in [1.54, 1.807) is 0 Å². The predicted octanol–water partition coefficient (Wildman–Crippen LogP) is 2.20. The first-order valence-corrected chi connectivity index (χ1v) is 6.85. The fraction of sp³-hybridized carbons (Fsp3) is 0.923. The summed E-state index contributed by atoms with van der Waals surface area (Å²) in [5.41, 5.74) is 0. The molecule has 1 N–H and O–H groups in total. The molecule has 4 heteroatoms. The molecule has 0 spiro atoms. The third-order valence-electron chi connectivity index (χ3n) is 3.88. The quantitative estimate of drug-likeness (QED) is 0.826. The first-order chi connectivity index (χ1) is 7.86. The Morgan fingerprint density at radius 3 is 2.24 bits per heavy atom. The highest BCUT2D eigenvalue weighted by atomic mass is 35.5. The minimum absolute atomic E-state index is 0. The van der Waals surface area contributed by atoms with Crippen molar-refractivity contribution in [3.63, 3.8) is 0 Å². The van der Waals surface area contributed by atoms with Crippen LogP contribution in [0.5, 0.6) is 0 Å². The number of carbonyl (C=O) groups is 1. The smallest absolute Gasteiger partial charge is 0.222 e. The Morgan fingerprint density at radius 2 is 1.65 bits per heavy atom. The second-order valence-corrected chi connectivity index (χ2v) is 5.19. The van der Waals surface area contributed by atoms with Crippen molar-refractivity contribution in [3.05, 3.63) is 0 Å². The van der Waals surface area contributed by atoms with Crippen molar-refractivity contribution in [1.29, 1.82) is 0 Å². The number of amides is 1. The van der Waals surface area contributed by atoms with Crippen LogP contribution < -0.4 is 5.32 Å². The lowest BCUT2D eigenvalue weighted by Gasteiger charge is -2.26. The third kappa shape index (κ3) is 4.84. The summed E-state index contributed by atoms with van der Waals surface area (Å²) in [4.78, 5) is 14.2. The molecule has 2 heterocycles. The molecule has 2 rings (SSSR count). The number of piperidine rings is 1. The van der Waals surface area contributed by atoms with Crippen LogP contribution in [-0.2, 0) is 4.79 Å². The van der Waals surface area contributed by atoms with Crippen LogP contribution in [0, 0.1) is 5.92 Å². The summed E-state index contributed by atoms with van der Waals surface area (Å²) in [5, 5.41) is 3.35. The molecule has 0 aromatic carbocycles. The largest absolute Gasteiger partial charge is 0.343 e. The Labute approximate surface area is 111 Å². The van der Waals surface area contributed by atoms with Gasteiger partial charge in [-0.15, -0.1) is 12.4 Å². The normalized spacial score (nSPS) is 22.7. The van der Waals surface area contributed by atoms with Gasteiger partial charge in [0.05, 0.1) is 0 Å². The lowest BCUT2D eigenvalue weighted by Crippen LogP contribution is -2.35. The van der Waals surface area contributed by atoms with Crippen molar-refractivity contribution in [2.24, 2.45) is 5.92 Å². The minimum Gasteiger partial charge on any atom is -0.343 e. The van der Waals surface area contributed by atoms with Crippen molar-refractivity contribution in [1.82, 2.24) is 10.2 Å². The van der Waals surface area contributed by atoms with E-state index in [0.29, 0.717) is 11.8 Å². The summed E-state index contributed by atoms with van der Waals surface area (Å²) in [7, 11) is 0. The monoisotopic (exact) mass is 260 g/mol. The van der Waals surface area contributed by atoms with Gasteiger partial charge in [-0.2, -0.15) is 0 Å². The van der Waals surface area contributed by atoms with Crippen molar-refractivity contribution in [2.75, 3.05) is 26.2 Å². The number of hydrogen-bond donors (Lipinski definition) is 1. The maximum Gasteiger partial charge on any atom is 0.222 e. The molecule has 0 aliphatic carbocycles. The zero-order chi connectivity index (χ0) is 11.2. The SMILES string of the molecule is Cl.O=C(CC1CCNCC1)N1CCCCCC1. The standard InChI is InChI=1S/C13H24N2O.ClH/c16-13(11-12-5-7-14-8-6-12)15-9-3-1-2-4-10-15;/h12,14H,1-11H2;1H. The van der Waals surface area contributed by atoms with E-state index in [1.807, 2.05) is 0 Å². The summed E-state index contributed by atoms with van der Waals surface area (Å²) in [5.74, 6) is 1.05. The van der Waals surface area contributed by atoms with E-state index in [-0.39, 0.29) is 12.4 Å². The van der Waals surface area contributed by atoms with E-state index in [1.165, 1.54) is 38.5 Å². The topological polar surface area (TPSA) is 32.3 Å². The molecule has 2 aliphatic heterocycles. The van der Waals surface area contributed by atoms with E-state index < -0.39 is 0 Å². The molecular weight excluding hydrogens is 236 g/mol. The molecule has 2 saturated heterocycles. The lowest BCUT2D eigenvalue weighted by atomic mass is 9.94. The average molecular weight is 261 g/mol. The average Bonchev–Trinajstić information content (AvgIpc) is 2.59. The van der Waals surface area contributed by atoms with Crippen LogP contribution in [-0.4, -0.2) is 37.0 Å². The Kier molecular flexibility index (Phi) is 6.90. The predicted molar refractivity (Wildman–Crippen MR) is 72.5 cm³/mol. The van der Waals surface area contributed by atoms with Crippen molar-refractivity contribution in [3.8, 4) is 0 Å². The Bertz CT molecular complexity index is 221. The summed E-state index contributed by atoms with van der Waals surface area (Å²) < 4.78 is 0. The van der Waals surface area contributed by atoms with E-state index in [4.69, 9.17) is 0 Å². The van der Waals surface area contributed by atoms with Crippen molar-refractivity contribution in [2.45, 2.75) is 44.9 Å². The maximum absolute atomic E-state index is 12.1. The Balaban J connectivity index is 0.00000144. The molecule has 0 radical (unpaired) electrons. The molecule has 0 aromatic heterocycles. The van der Waals surface area contributed by atoms with Gasteiger partial charge in [0, 0.05) is 19.5 Å². The van der Waals surface area contributed by atoms with Crippen LogP contribution in [0.4, 0.5) is 0 Å². The highest BCUT2D eigenvalue weighted by molar-refractivity contribution is 5.85. The first-order valence-electron chi connectivity index (χ1n) is 6.85. The van der Waals surface area contributed by atoms with Gasteiger partial charge in [0.1, 0.15) is 0 Å². The van der Waals surface area contributed by atoms with E-state index >= 15 is 0 Å². The number of nitrogens with one attached hydrogen (secondary N) is 1. The van der Waals surface area contributed by atoms with Gasteiger partial charge < -0.3 is 10.2 Å². The number of rotatable bonds is 2. The minimum atomic E-state index is 0. The van der Waals surface area contributed by atoms with Crippen LogP contribution in [0.15, 0.2) is 0 Å². The second-order valence-electron chi connectivity index (χ2n) is 5.19. The van der Waals surface area contributed by atoms with Gasteiger partial charge >= 0.3 is 0 Å². The van der Waals surface area contributed by atoms with Gasteiger partial charge in [-0.05, 0) is 44.7 Å². The first kappa shape index (κ1) is 14.8. The van der Waals surface area contributed by atoms with E-state index in [2.05, 4.69) is 10.2 Å². The molecule has 1 amide bonds. The lowest BCUT2D eigenvalue weighted by molar-refractivity contribution is -0.132.